The topological polar surface area (TPSA) is 37.4 Å². The minimum Gasteiger partial charge on any atom is -0.212 e. The van der Waals surface area contributed by atoms with Gasteiger partial charge in [-0.1, -0.05) is 13.8 Å². The highest BCUT2D eigenvalue weighted by Crippen LogP contribution is 2.46. The lowest BCUT2D eigenvalue weighted by molar-refractivity contribution is 0.215. The van der Waals surface area contributed by atoms with Gasteiger partial charge in [-0.15, -0.1) is 0 Å². The van der Waals surface area contributed by atoms with Crippen molar-refractivity contribution in [3.63, 3.8) is 0 Å². The Balaban J connectivity index is 2.11. The van der Waals surface area contributed by atoms with Gasteiger partial charge in [0.2, 0.25) is 10.0 Å². The third kappa shape index (κ3) is 1.58. The summed E-state index contributed by atoms with van der Waals surface area (Å²) in [5.74, 6) is 2.07. The van der Waals surface area contributed by atoms with Gasteiger partial charge in [-0.25, -0.2) is 8.42 Å². The third-order valence-corrected chi connectivity index (χ3v) is 5.13. The lowest BCUT2D eigenvalue weighted by Gasteiger charge is -2.31. The molecule has 1 heterocycles. The number of hydrogen-bond acceptors (Lipinski definition) is 2. The van der Waals surface area contributed by atoms with Gasteiger partial charge in [-0.3, -0.25) is 0 Å². The molecule has 1 saturated heterocycles. The first-order valence-electron chi connectivity index (χ1n) is 5.36. The van der Waals surface area contributed by atoms with Crippen LogP contribution in [0.15, 0.2) is 0 Å². The Morgan fingerprint density at radius 3 is 2.29 bits per heavy atom. The van der Waals surface area contributed by atoms with E-state index in [4.69, 9.17) is 0 Å². The first-order chi connectivity index (χ1) is 6.39. The molecule has 0 amide bonds. The lowest BCUT2D eigenvalue weighted by Crippen LogP contribution is -2.40. The Morgan fingerprint density at radius 1 is 1.29 bits per heavy atom. The van der Waals surface area contributed by atoms with Crippen LogP contribution in [0.5, 0.6) is 0 Å². The molecule has 2 aliphatic rings. The third-order valence-electron chi connectivity index (χ3n) is 3.83. The van der Waals surface area contributed by atoms with E-state index >= 15 is 0 Å². The van der Waals surface area contributed by atoms with Crippen LogP contribution in [-0.4, -0.2) is 31.6 Å². The highest BCUT2D eigenvalue weighted by atomic mass is 32.2. The molecule has 1 aliphatic carbocycles. The van der Waals surface area contributed by atoms with E-state index in [9.17, 15) is 8.42 Å². The zero-order valence-electron chi connectivity index (χ0n) is 9.10. The van der Waals surface area contributed by atoms with E-state index in [-0.39, 0.29) is 0 Å². The van der Waals surface area contributed by atoms with Crippen LogP contribution in [0.4, 0.5) is 0 Å². The number of hydrogen-bond donors (Lipinski definition) is 0. The lowest BCUT2D eigenvalue weighted by atomic mass is 9.85. The van der Waals surface area contributed by atoms with Crippen LogP contribution in [0.2, 0.25) is 0 Å². The van der Waals surface area contributed by atoms with E-state index in [1.807, 2.05) is 0 Å². The molecule has 2 bridgehead atoms. The fourth-order valence-electron chi connectivity index (χ4n) is 3.18. The van der Waals surface area contributed by atoms with Crippen molar-refractivity contribution in [3.05, 3.63) is 0 Å². The summed E-state index contributed by atoms with van der Waals surface area (Å²) < 4.78 is 24.6. The quantitative estimate of drug-likeness (QED) is 0.699. The number of sulfonamides is 1. The Morgan fingerprint density at radius 2 is 1.93 bits per heavy atom. The Hall–Kier alpha value is -0.0900. The average molecular weight is 217 g/mol. The van der Waals surface area contributed by atoms with E-state index in [0.717, 1.165) is 25.3 Å². The van der Waals surface area contributed by atoms with Crippen LogP contribution in [0.25, 0.3) is 0 Å². The second-order valence-corrected chi connectivity index (χ2v) is 7.06. The second-order valence-electron chi connectivity index (χ2n) is 5.13. The smallest absolute Gasteiger partial charge is 0.211 e. The summed E-state index contributed by atoms with van der Waals surface area (Å²) in [7, 11) is -2.95. The predicted molar refractivity (Wildman–Crippen MR) is 56.4 cm³/mol. The van der Waals surface area contributed by atoms with Gasteiger partial charge >= 0.3 is 0 Å². The van der Waals surface area contributed by atoms with Gasteiger partial charge in [-0.2, -0.15) is 4.31 Å². The molecule has 82 valence electrons. The van der Waals surface area contributed by atoms with E-state index in [0.29, 0.717) is 17.9 Å². The van der Waals surface area contributed by atoms with E-state index in [1.54, 1.807) is 4.31 Å². The largest absolute Gasteiger partial charge is 0.212 e. The number of piperidine rings is 1. The van der Waals surface area contributed by atoms with Crippen LogP contribution in [-0.2, 0) is 10.0 Å². The minimum absolute atomic E-state index is 0.308. The molecular formula is C10H19NO2S. The molecule has 0 aromatic rings. The molecule has 0 aromatic carbocycles. The van der Waals surface area contributed by atoms with Crippen molar-refractivity contribution in [2.75, 3.05) is 12.8 Å². The standard InChI is InChI=1S/C10H19NO2S/c1-7(2)10-5-9-4-8(10)6-11(9)14(3,12)13/h7-10H,4-6H2,1-3H3/t8-,9-,10-/m1/s1. The normalized spacial score (nSPS) is 38.4. The molecular weight excluding hydrogens is 198 g/mol. The molecule has 3 atom stereocenters. The van der Waals surface area contributed by atoms with Crippen LogP contribution in [0, 0.1) is 17.8 Å². The Labute approximate surface area is 86.5 Å². The van der Waals surface area contributed by atoms with Crippen LogP contribution < -0.4 is 0 Å². The number of rotatable bonds is 2. The van der Waals surface area contributed by atoms with Crippen LogP contribution in [0.3, 0.4) is 0 Å². The molecule has 14 heavy (non-hydrogen) atoms. The van der Waals surface area contributed by atoms with Crippen molar-refractivity contribution < 1.29 is 8.42 Å². The molecule has 1 aliphatic heterocycles. The second kappa shape index (κ2) is 3.20. The van der Waals surface area contributed by atoms with Gasteiger partial charge in [0.1, 0.15) is 0 Å². The fraction of sp³-hybridized carbons (Fsp3) is 1.00. The van der Waals surface area contributed by atoms with Crippen molar-refractivity contribution in [2.45, 2.75) is 32.7 Å². The molecule has 0 radical (unpaired) electrons. The van der Waals surface area contributed by atoms with Gasteiger partial charge in [0.15, 0.2) is 0 Å². The first-order valence-corrected chi connectivity index (χ1v) is 7.21. The monoisotopic (exact) mass is 217 g/mol. The Bertz CT molecular complexity index is 323. The first kappa shape index (κ1) is 10.4. The summed E-state index contributed by atoms with van der Waals surface area (Å²) in [6, 6.07) is 0.308. The Kier molecular flexibility index (Phi) is 2.39. The van der Waals surface area contributed by atoms with Crippen LogP contribution in [0.1, 0.15) is 26.7 Å². The maximum absolute atomic E-state index is 11.4. The maximum Gasteiger partial charge on any atom is 0.211 e. The molecule has 2 rings (SSSR count). The van der Waals surface area contributed by atoms with Gasteiger partial charge in [0, 0.05) is 12.6 Å². The van der Waals surface area contributed by atoms with Crippen molar-refractivity contribution in [3.8, 4) is 0 Å². The highest BCUT2D eigenvalue weighted by Gasteiger charge is 2.48. The summed E-state index contributed by atoms with van der Waals surface area (Å²) >= 11 is 0. The molecule has 4 heteroatoms. The fourth-order valence-corrected chi connectivity index (χ4v) is 4.35. The summed E-state index contributed by atoms with van der Waals surface area (Å²) in [5.41, 5.74) is 0. The molecule has 3 nitrogen and oxygen atoms in total. The van der Waals surface area contributed by atoms with Gasteiger partial charge < -0.3 is 0 Å². The van der Waals surface area contributed by atoms with Crippen molar-refractivity contribution >= 4 is 10.0 Å². The van der Waals surface area contributed by atoms with Crippen molar-refractivity contribution in [1.82, 2.24) is 4.31 Å². The zero-order chi connectivity index (χ0) is 10.5. The van der Waals surface area contributed by atoms with Crippen molar-refractivity contribution in [2.24, 2.45) is 17.8 Å². The summed E-state index contributed by atoms with van der Waals surface area (Å²) in [4.78, 5) is 0. The number of nitrogens with zero attached hydrogens (tertiary/aromatic N) is 1. The predicted octanol–water partition coefficient (Wildman–Crippen LogP) is 1.31. The summed E-state index contributed by atoms with van der Waals surface area (Å²) in [5, 5.41) is 0. The molecule has 0 unspecified atom stereocenters. The summed E-state index contributed by atoms with van der Waals surface area (Å²) in [6.45, 7) is 5.26. The van der Waals surface area contributed by atoms with E-state index in [2.05, 4.69) is 13.8 Å². The van der Waals surface area contributed by atoms with Crippen molar-refractivity contribution in [1.29, 1.82) is 0 Å². The molecule has 1 saturated carbocycles. The average Bonchev–Trinajstić information content (AvgIpc) is 2.58. The molecule has 0 spiro atoms. The van der Waals surface area contributed by atoms with Gasteiger partial charge in [-0.05, 0) is 30.6 Å². The van der Waals surface area contributed by atoms with Crippen LogP contribution >= 0.6 is 0 Å². The highest BCUT2D eigenvalue weighted by molar-refractivity contribution is 7.88. The molecule has 0 N–H and O–H groups in total. The van der Waals surface area contributed by atoms with Gasteiger partial charge in [0.05, 0.1) is 6.26 Å². The number of fused-ring (bicyclic) bond motifs is 2. The summed E-state index contributed by atoms with van der Waals surface area (Å²) in [6.07, 6.45) is 3.50. The zero-order valence-corrected chi connectivity index (χ0v) is 9.92. The molecule has 0 aromatic heterocycles. The molecule has 2 fully saturated rings. The van der Waals surface area contributed by atoms with Gasteiger partial charge in [0.25, 0.3) is 0 Å². The SMILES string of the molecule is CC(C)[C@H]1C[C@H]2C[C@@H]1CN2S(C)(=O)=O. The maximum atomic E-state index is 11.4. The van der Waals surface area contributed by atoms with E-state index < -0.39 is 10.0 Å². The minimum atomic E-state index is -2.95. The van der Waals surface area contributed by atoms with E-state index in [1.165, 1.54) is 6.26 Å².